The predicted octanol–water partition coefficient (Wildman–Crippen LogP) is 1.02. The van der Waals surface area contributed by atoms with Gasteiger partial charge in [-0.3, -0.25) is 4.79 Å². The fraction of sp³-hybridized carbons (Fsp3) is 0. The van der Waals surface area contributed by atoms with Crippen molar-refractivity contribution in [1.29, 1.82) is 0 Å². The molecule has 0 radical (unpaired) electrons. The first-order chi connectivity index (χ1) is 9.06. The number of carboxylic acids is 1. The molecule has 0 saturated carbocycles. The maximum Gasteiger partial charge on any atom is 0.354 e. The number of carbonyl (C=O) groups excluding carboxylic acids is 1. The molecule has 7 heteroatoms. The molecule has 1 aromatic heterocycles. The van der Waals surface area contributed by atoms with Gasteiger partial charge in [0, 0.05) is 17.4 Å². The molecule has 4 N–H and O–H groups in total. The van der Waals surface area contributed by atoms with Crippen molar-refractivity contribution >= 4 is 23.5 Å². The Morgan fingerprint density at radius 1 is 1.16 bits per heavy atom. The van der Waals surface area contributed by atoms with E-state index in [0.29, 0.717) is 11.3 Å². The molecule has 1 amide bonds. The SMILES string of the molecule is NC(=O)c1ccc(Nc2nccc(C(=O)O)n2)cc1. The lowest BCUT2D eigenvalue weighted by Crippen LogP contribution is -2.10. The molecule has 2 aromatic rings. The van der Waals surface area contributed by atoms with E-state index in [1.54, 1.807) is 24.3 Å². The Kier molecular flexibility index (Phi) is 3.37. The molecule has 0 aliphatic heterocycles. The Hall–Kier alpha value is -2.96. The van der Waals surface area contributed by atoms with E-state index in [1.165, 1.54) is 12.3 Å². The molecule has 7 nitrogen and oxygen atoms in total. The Morgan fingerprint density at radius 3 is 2.42 bits per heavy atom. The van der Waals surface area contributed by atoms with E-state index >= 15 is 0 Å². The zero-order valence-electron chi connectivity index (χ0n) is 9.70. The Bertz CT molecular complexity index is 625. The maximum atomic E-state index is 10.9. The quantitative estimate of drug-likeness (QED) is 0.753. The van der Waals surface area contributed by atoms with Crippen LogP contribution in [0.4, 0.5) is 11.6 Å². The lowest BCUT2D eigenvalue weighted by molar-refractivity contribution is 0.0690. The number of nitrogens with one attached hydrogen (secondary N) is 1. The Morgan fingerprint density at radius 2 is 1.84 bits per heavy atom. The van der Waals surface area contributed by atoms with Crippen molar-refractivity contribution in [2.24, 2.45) is 5.73 Å². The molecule has 0 spiro atoms. The summed E-state index contributed by atoms with van der Waals surface area (Å²) >= 11 is 0. The van der Waals surface area contributed by atoms with Gasteiger partial charge in [0.25, 0.3) is 0 Å². The van der Waals surface area contributed by atoms with Crippen molar-refractivity contribution in [2.45, 2.75) is 0 Å². The van der Waals surface area contributed by atoms with Crippen LogP contribution in [0, 0.1) is 0 Å². The second-order valence-electron chi connectivity index (χ2n) is 3.64. The standard InChI is InChI=1S/C12H10N4O3/c13-10(17)7-1-3-8(4-2-7)15-12-14-6-5-9(16-12)11(18)19/h1-6H,(H2,13,17)(H,18,19)(H,14,15,16). The summed E-state index contributed by atoms with van der Waals surface area (Å²) in [6.45, 7) is 0. The second kappa shape index (κ2) is 5.13. The number of aromatic nitrogens is 2. The molecule has 0 saturated heterocycles. The van der Waals surface area contributed by atoms with Crippen LogP contribution in [-0.4, -0.2) is 27.0 Å². The van der Waals surface area contributed by atoms with Gasteiger partial charge in [0.2, 0.25) is 11.9 Å². The van der Waals surface area contributed by atoms with Crippen molar-refractivity contribution in [3.05, 3.63) is 47.8 Å². The minimum Gasteiger partial charge on any atom is -0.477 e. The lowest BCUT2D eigenvalue weighted by atomic mass is 10.2. The first kappa shape index (κ1) is 12.5. The minimum absolute atomic E-state index is 0.105. The average molecular weight is 258 g/mol. The van der Waals surface area contributed by atoms with Gasteiger partial charge < -0.3 is 16.2 Å². The lowest BCUT2D eigenvalue weighted by Gasteiger charge is -2.05. The molecule has 0 unspecified atom stereocenters. The first-order valence-electron chi connectivity index (χ1n) is 5.29. The maximum absolute atomic E-state index is 10.9. The summed E-state index contributed by atoms with van der Waals surface area (Å²) in [6, 6.07) is 7.63. The molecule has 2 rings (SSSR count). The number of primary amides is 1. The van der Waals surface area contributed by atoms with Crippen molar-refractivity contribution in [3.8, 4) is 0 Å². The van der Waals surface area contributed by atoms with Gasteiger partial charge >= 0.3 is 5.97 Å². The third-order valence-corrected chi connectivity index (χ3v) is 2.30. The van der Waals surface area contributed by atoms with Crippen molar-refractivity contribution in [3.63, 3.8) is 0 Å². The Balaban J connectivity index is 2.19. The van der Waals surface area contributed by atoms with Crippen LogP contribution in [0.3, 0.4) is 0 Å². The van der Waals surface area contributed by atoms with Crippen LogP contribution in [0.25, 0.3) is 0 Å². The molecule has 1 heterocycles. The fourth-order valence-electron chi connectivity index (χ4n) is 1.38. The zero-order valence-corrected chi connectivity index (χ0v) is 9.70. The van der Waals surface area contributed by atoms with Crippen molar-refractivity contribution in [2.75, 3.05) is 5.32 Å². The van der Waals surface area contributed by atoms with Gasteiger partial charge in [-0.25, -0.2) is 14.8 Å². The van der Waals surface area contributed by atoms with Gasteiger partial charge in [0.1, 0.15) is 0 Å². The van der Waals surface area contributed by atoms with Crippen molar-refractivity contribution < 1.29 is 14.7 Å². The summed E-state index contributed by atoms with van der Waals surface area (Å²) in [5.41, 5.74) is 6.01. The molecule has 0 aliphatic rings. The molecule has 1 aromatic carbocycles. The topological polar surface area (TPSA) is 118 Å². The summed E-state index contributed by atoms with van der Waals surface area (Å²) in [5, 5.41) is 11.6. The van der Waals surface area contributed by atoms with Gasteiger partial charge in [-0.2, -0.15) is 0 Å². The highest BCUT2D eigenvalue weighted by atomic mass is 16.4. The van der Waals surface area contributed by atoms with E-state index in [2.05, 4.69) is 15.3 Å². The first-order valence-corrected chi connectivity index (χ1v) is 5.29. The fourth-order valence-corrected chi connectivity index (χ4v) is 1.38. The van der Waals surface area contributed by atoms with Crippen LogP contribution in [-0.2, 0) is 0 Å². The number of nitrogens with zero attached hydrogens (tertiary/aromatic N) is 2. The zero-order chi connectivity index (χ0) is 13.8. The number of rotatable bonds is 4. The van der Waals surface area contributed by atoms with Gasteiger partial charge in [-0.1, -0.05) is 0 Å². The van der Waals surface area contributed by atoms with E-state index in [0.717, 1.165) is 0 Å². The largest absolute Gasteiger partial charge is 0.477 e. The number of hydrogen-bond acceptors (Lipinski definition) is 5. The van der Waals surface area contributed by atoms with Gasteiger partial charge in [-0.05, 0) is 30.3 Å². The summed E-state index contributed by atoms with van der Waals surface area (Å²) < 4.78 is 0. The minimum atomic E-state index is -1.13. The molecule has 0 atom stereocenters. The highest BCUT2D eigenvalue weighted by Gasteiger charge is 2.06. The van der Waals surface area contributed by atoms with E-state index < -0.39 is 11.9 Å². The molecule has 0 fully saturated rings. The third-order valence-electron chi connectivity index (χ3n) is 2.30. The van der Waals surface area contributed by atoms with Crippen LogP contribution in [0.2, 0.25) is 0 Å². The second-order valence-corrected chi connectivity index (χ2v) is 3.64. The molecule has 19 heavy (non-hydrogen) atoms. The molecular formula is C12H10N4O3. The average Bonchev–Trinajstić information content (AvgIpc) is 2.39. The number of aromatic carboxylic acids is 1. The highest BCUT2D eigenvalue weighted by Crippen LogP contribution is 2.13. The third kappa shape index (κ3) is 3.03. The number of benzene rings is 1. The smallest absolute Gasteiger partial charge is 0.354 e. The van der Waals surface area contributed by atoms with E-state index in [-0.39, 0.29) is 11.6 Å². The van der Waals surface area contributed by atoms with Gasteiger partial charge in [-0.15, -0.1) is 0 Å². The van der Waals surface area contributed by atoms with Crippen LogP contribution >= 0.6 is 0 Å². The molecule has 96 valence electrons. The van der Waals surface area contributed by atoms with Gasteiger partial charge in [0.15, 0.2) is 5.69 Å². The van der Waals surface area contributed by atoms with E-state index in [4.69, 9.17) is 10.8 Å². The van der Waals surface area contributed by atoms with Crippen LogP contribution in [0.5, 0.6) is 0 Å². The number of nitrogens with two attached hydrogens (primary N) is 1. The summed E-state index contributed by atoms with van der Waals surface area (Å²) in [7, 11) is 0. The molecular weight excluding hydrogens is 248 g/mol. The van der Waals surface area contributed by atoms with Crippen LogP contribution in [0.15, 0.2) is 36.5 Å². The van der Waals surface area contributed by atoms with E-state index in [9.17, 15) is 9.59 Å². The number of hydrogen-bond donors (Lipinski definition) is 3. The molecule has 0 bridgehead atoms. The number of carbonyl (C=O) groups is 2. The van der Waals surface area contributed by atoms with Crippen molar-refractivity contribution in [1.82, 2.24) is 9.97 Å². The number of carboxylic acid groups (broad SMARTS) is 1. The van der Waals surface area contributed by atoms with Gasteiger partial charge in [0.05, 0.1) is 0 Å². The van der Waals surface area contributed by atoms with E-state index in [1.807, 2.05) is 0 Å². The number of amides is 1. The normalized spacial score (nSPS) is 9.89. The Labute approximate surface area is 108 Å². The summed E-state index contributed by atoms with van der Waals surface area (Å²) in [6.07, 6.45) is 1.34. The number of anilines is 2. The highest BCUT2D eigenvalue weighted by molar-refractivity contribution is 5.93. The summed E-state index contributed by atoms with van der Waals surface area (Å²) in [4.78, 5) is 29.4. The van der Waals surface area contributed by atoms with Crippen LogP contribution < -0.4 is 11.1 Å². The van der Waals surface area contributed by atoms with Crippen LogP contribution in [0.1, 0.15) is 20.8 Å². The summed E-state index contributed by atoms with van der Waals surface area (Å²) in [5.74, 6) is -1.49. The monoisotopic (exact) mass is 258 g/mol. The predicted molar refractivity (Wildman–Crippen MR) is 67.2 cm³/mol. The molecule has 0 aliphatic carbocycles.